The minimum absolute atomic E-state index is 0.922. The fraction of sp³-hybridized carbons (Fsp3) is 0. The summed E-state index contributed by atoms with van der Waals surface area (Å²) in [4.78, 5) is 0. The zero-order valence-corrected chi connectivity index (χ0v) is 24.3. The molecule has 0 N–H and O–H groups in total. The highest BCUT2D eigenvalue weighted by molar-refractivity contribution is 6.32. The normalized spacial score (nSPS) is 13.2. The molecule has 0 aliphatic heterocycles. The van der Waals surface area contributed by atoms with E-state index in [-0.39, 0.29) is 0 Å². The van der Waals surface area contributed by atoms with Crippen LogP contribution in [0, 0.1) is 0 Å². The molecular formula is C42H20N2O2. The van der Waals surface area contributed by atoms with Gasteiger partial charge in [0.15, 0.2) is 11.2 Å². The van der Waals surface area contributed by atoms with Crippen LogP contribution in [0.3, 0.4) is 0 Å². The van der Waals surface area contributed by atoms with Crippen molar-refractivity contribution in [3.05, 3.63) is 121 Å². The van der Waals surface area contributed by atoms with Gasteiger partial charge in [-0.1, -0.05) is 84.9 Å². The Hall–Kier alpha value is -6.26. The summed E-state index contributed by atoms with van der Waals surface area (Å²) in [5.41, 5.74) is 10.9. The summed E-state index contributed by atoms with van der Waals surface area (Å²) < 4.78 is 18.2. The molecule has 0 aliphatic carbocycles. The van der Waals surface area contributed by atoms with Crippen molar-refractivity contribution in [2.45, 2.75) is 0 Å². The Balaban J connectivity index is 1.29. The quantitative estimate of drug-likeness (QED) is 0.178. The highest BCUT2D eigenvalue weighted by Crippen LogP contribution is 2.47. The van der Waals surface area contributed by atoms with Crippen LogP contribution in [0.4, 0.5) is 0 Å². The first-order valence-corrected chi connectivity index (χ1v) is 15.8. The molecule has 0 unspecified atom stereocenters. The molecule has 6 heterocycles. The van der Waals surface area contributed by atoms with Gasteiger partial charge in [0.05, 0.1) is 33.1 Å². The third-order valence-electron chi connectivity index (χ3n) is 10.8. The maximum absolute atomic E-state index is 6.63. The fourth-order valence-corrected chi connectivity index (χ4v) is 8.95. The summed E-state index contributed by atoms with van der Waals surface area (Å²) in [6.07, 6.45) is 0. The number of hydrogen-bond donors (Lipinski definition) is 0. The molecule has 4 heteroatoms. The predicted molar refractivity (Wildman–Crippen MR) is 190 cm³/mol. The van der Waals surface area contributed by atoms with E-state index >= 15 is 0 Å². The summed E-state index contributed by atoms with van der Waals surface area (Å²) in [6.45, 7) is 0. The molecule has 0 aliphatic rings. The van der Waals surface area contributed by atoms with E-state index in [4.69, 9.17) is 8.83 Å². The molecule has 0 saturated carbocycles. The summed E-state index contributed by atoms with van der Waals surface area (Å²) in [7, 11) is 0. The summed E-state index contributed by atoms with van der Waals surface area (Å²) in [5.74, 6) is 0. The lowest BCUT2D eigenvalue weighted by atomic mass is 10.0. The first-order valence-electron chi connectivity index (χ1n) is 15.8. The number of para-hydroxylation sites is 4. The molecule has 6 aromatic heterocycles. The average molecular weight is 585 g/mol. The number of hydrogen-bond acceptors (Lipinski definition) is 2. The topological polar surface area (TPSA) is 35.1 Å². The van der Waals surface area contributed by atoms with Crippen molar-refractivity contribution in [1.82, 2.24) is 8.80 Å². The number of benzene rings is 7. The largest absolute Gasteiger partial charge is 0.454 e. The Morgan fingerprint density at radius 1 is 0.304 bits per heavy atom. The van der Waals surface area contributed by atoms with Crippen LogP contribution in [0.2, 0.25) is 0 Å². The van der Waals surface area contributed by atoms with Gasteiger partial charge >= 0.3 is 0 Å². The highest BCUT2D eigenvalue weighted by Gasteiger charge is 2.25. The molecule has 13 rings (SSSR count). The summed E-state index contributed by atoms with van der Waals surface area (Å²) >= 11 is 0. The van der Waals surface area contributed by atoms with Crippen LogP contribution >= 0.6 is 0 Å². The first-order chi connectivity index (χ1) is 22.8. The summed E-state index contributed by atoms with van der Waals surface area (Å²) in [5, 5.41) is 14.6. The second kappa shape index (κ2) is 7.17. The zero-order chi connectivity index (χ0) is 29.4. The van der Waals surface area contributed by atoms with Crippen LogP contribution in [0.1, 0.15) is 0 Å². The van der Waals surface area contributed by atoms with Gasteiger partial charge in [-0.05, 0) is 36.4 Å². The lowest BCUT2D eigenvalue weighted by Crippen LogP contribution is -1.84. The van der Waals surface area contributed by atoms with Gasteiger partial charge in [-0.15, -0.1) is 0 Å². The van der Waals surface area contributed by atoms with Gasteiger partial charge < -0.3 is 17.6 Å². The Labute approximate surface area is 258 Å². The van der Waals surface area contributed by atoms with Crippen molar-refractivity contribution in [2.75, 3.05) is 0 Å². The van der Waals surface area contributed by atoms with E-state index in [0.29, 0.717) is 0 Å². The number of fused-ring (bicyclic) bond motifs is 20. The first kappa shape index (κ1) is 22.3. The molecule has 13 aromatic rings. The summed E-state index contributed by atoms with van der Waals surface area (Å²) in [6, 6.07) is 44.0. The van der Waals surface area contributed by atoms with Crippen molar-refractivity contribution < 1.29 is 8.83 Å². The molecule has 4 nitrogen and oxygen atoms in total. The van der Waals surface area contributed by atoms with Gasteiger partial charge in [-0.25, -0.2) is 0 Å². The molecule has 7 aromatic carbocycles. The Morgan fingerprint density at radius 2 is 0.674 bits per heavy atom. The Kier molecular flexibility index (Phi) is 3.47. The van der Waals surface area contributed by atoms with Gasteiger partial charge in [0.25, 0.3) is 0 Å². The van der Waals surface area contributed by atoms with E-state index in [9.17, 15) is 0 Å². The standard InChI is InChI=1S/C42H20N2O2/c1-3-13-35-21(7-1)29-17-15-27-23-9-5-11-25-31-20-34-32(19-33(31)43(37(23)25)39(27)41(29)45-35)26-12-6-10-24-28-16-18-30-22-8-2-4-14-36(22)46-42(30)40(28)44(34)38(24)26/h1-20H. The molecule has 0 bridgehead atoms. The van der Waals surface area contributed by atoms with E-state index in [1.807, 2.05) is 12.1 Å². The Morgan fingerprint density at radius 3 is 1.15 bits per heavy atom. The van der Waals surface area contributed by atoms with Crippen molar-refractivity contribution in [3.63, 3.8) is 0 Å². The van der Waals surface area contributed by atoms with E-state index in [2.05, 4.69) is 118 Å². The minimum Gasteiger partial charge on any atom is -0.454 e. The Bertz CT molecular complexity index is 3240. The minimum atomic E-state index is 0.922. The molecule has 0 radical (unpaired) electrons. The lowest BCUT2D eigenvalue weighted by molar-refractivity contribution is 0.671. The monoisotopic (exact) mass is 584 g/mol. The SMILES string of the molecule is c1ccc2c(c1)oc1c2ccc2c3cccc4c5cc6c(cc5n(c43)c21)c1cccc2c3ccc4c5ccccc5oc4c3n6c12. The molecule has 0 fully saturated rings. The maximum Gasteiger partial charge on any atom is 0.160 e. The molecule has 0 saturated heterocycles. The number of nitrogens with zero attached hydrogens (tertiary/aromatic N) is 2. The molecule has 46 heavy (non-hydrogen) atoms. The average Bonchev–Trinajstić information content (AvgIpc) is 3.92. The maximum atomic E-state index is 6.63. The van der Waals surface area contributed by atoms with Crippen LogP contribution in [0.25, 0.3) is 120 Å². The van der Waals surface area contributed by atoms with Crippen molar-refractivity contribution >= 4 is 120 Å². The van der Waals surface area contributed by atoms with Crippen LogP contribution in [0.15, 0.2) is 130 Å². The van der Waals surface area contributed by atoms with E-state index < -0.39 is 0 Å². The van der Waals surface area contributed by atoms with Crippen molar-refractivity contribution in [2.24, 2.45) is 0 Å². The fourth-order valence-electron chi connectivity index (χ4n) is 8.95. The zero-order valence-electron chi connectivity index (χ0n) is 24.3. The van der Waals surface area contributed by atoms with E-state index in [1.54, 1.807) is 0 Å². The molecule has 210 valence electrons. The van der Waals surface area contributed by atoms with Crippen molar-refractivity contribution in [1.29, 1.82) is 0 Å². The van der Waals surface area contributed by atoms with E-state index in [0.717, 1.165) is 54.9 Å². The number of rotatable bonds is 0. The molecule has 0 amide bonds. The molecular weight excluding hydrogens is 564 g/mol. The molecule has 0 spiro atoms. The van der Waals surface area contributed by atoms with Crippen LogP contribution < -0.4 is 0 Å². The van der Waals surface area contributed by atoms with Gasteiger partial charge in [0.2, 0.25) is 0 Å². The highest BCUT2D eigenvalue weighted by atomic mass is 16.3. The van der Waals surface area contributed by atoms with Gasteiger partial charge in [-0.3, -0.25) is 0 Å². The second-order valence-electron chi connectivity index (χ2n) is 12.8. The van der Waals surface area contributed by atoms with Crippen LogP contribution in [-0.4, -0.2) is 8.80 Å². The lowest BCUT2D eigenvalue weighted by Gasteiger charge is -2.02. The van der Waals surface area contributed by atoms with Crippen LogP contribution in [0.5, 0.6) is 0 Å². The molecule has 0 atom stereocenters. The smallest absolute Gasteiger partial charge is 0.160 e. The van der Waals surface area contributed by atoms with Crippen LogP contribution in [-0.2, 0) is 0 Å². The van der Waals surface area contributed by atoms with Crippen molar-refractivity contribution in [3.8, 4) is 0 Å². The third-order valence-corrected chi connectivity index (χ3v) is 10.8. The van der Waals surface area contributed by atoms with Gasteiger partial charge in [0, 0.05) is 64.6 Å². The van der Waals surface area contributed by atoms with Gasteiger partial charge in [0.1, 0.15) is 11.2 Å². The third kappa shape index (κ3) is 2.27. The van der Waals surface area contributed by atoms with Gasteiger partial charge in [-0.2, -0.15) is 0 Å². The predicted octanol–water partition coefficient (Wildman–Crippen LogP) is 11.8. The van der Waals surface area contributed by atoms with E-state index in [1.165, 1.54) is 65.2 Å². The second-order valence-corrected chi connectivity index (χ2v) is 12.8. The number of aromatic nitrogens is 2. The number of furan rings is 2.